The highest BCUT2D eigenvalue weighted by molar-refractivity contribution is 7.91. The summed E-state index contributed by atoms with van der Waals surface area (Å²) in [6, 6.07) is 3.35. The molecule has 2 heterocycles. The third-order valence-corrected chi connectivity index (χ3v) is 7.47. The minimum Gasteiger partial charge on any atom is -0.359 e. The van der Waals surface area contributed by atoms with Gasteiger partial charge in [0.1, 0.15) is 9.22 Å². The Hall–Kier alpha value is -1.03. The van der Waals surface area contributed by atoms with Crippen molar-refractivity contribution in [2.45, 2.75) is 30.4 Å². The van der Waals surface area contributed by atoms with Crippen molar-refractivity contribution < 1.29 is 8.42 Å². The van der Waals surface area contributed by atoms with Gasteiger partial charge in [-0.15, -0.1) is 21.5 Å². The SMILES string of the molecule is CN(CCNc1nnc(C(C)(C)C)s1)S(=O)(=O)c1cccs1. The maximum atomic E-state index is 12.3. The minimum atomic E-state index is -3.39. The molecular weight excluding hydrogens is 340 g/mol. The Kier molecular flexibility index (Phi) is 5.21. The number of thiophene rings is 1. The number of sulfonamides is 1. The lowest BCUT2D eigenvalue weighted by atomic mass is 9.98. The number of nitrogens with zero attached hydrogens (tertiary/aromatic N) is 3. The summed E-state index contributed by atoms with van der Waals surface area (Å²) < 4.78 is 26.2. The summed E-state index contributed by atoms with van der Waals surface area (Å²) in [5.74, 6) is 0. The molecule has 9 heteroatoms. The third-order valence-electron chi connectivity index (χ3n) is 2.93. The summed E-state index contributed by atoms with van der Waals surface area (Å²) in [5, 5.41) is 14.8. The molecule has 0 aliphatic carbocycles. The lowest BCUT2D eigenvalue weighted by Gasteiger charge is -2.16. The van der Waals surface area contributed by atoms with Gasteiger partial charge >= 0.3 is 0 Å². The fourth-order valence-electron chi connectivity index (χ4n) is 1.60. The summed E-state index contributed by atoms with van der Waals surface area (Å²) >= 11 is 2.72. The first-order chi connectivity index (χ1) is 10.2. The molecule has 6 nitrogen and oxygen atoms in total. The normalized spacial score (nSPS) is 12.8. The zero-order chi connectivity index (χ0) is 16.4. The van der Waals surface area contributed by atoms with E-state index in [0.717, 1.165) is 5.01 Å². The van der Waals surface area contributed by atoms with E-state index in [0.29, 0.717) is 22.4 Å². The summed E-state index contributed by atoms with van der Waals surface area (Å²) in [4.78, 5) is 0. The number of hydrogen-bond acceptors (Lipinski definition) is 7. The lowest BCUT2D eigenvalue weighted by Crippen LogP contribution is -2.31. The average molecular weight is 361 g/mol. The molecular formula is C13H20N4O2S3. The monoisotopic (exact) mass is 360 g/mol. The second-order valence-corrected chi connectivity index (χ2v) is 10.0. The first-order valence-electron chi connectivity index (χ1n) is 6.79. The van der Waals surface area contributed by atoms with Gasteiger partial charge in [-0.3, -0.25) is 0 Å². The van der Waals surface area contributed by atoms with Crippen molar-refractivity contribution in [1.29, 1.82) is 0 Å². The number of anilines is 1. The molecule has 1 N–H and O–H groups in total. The molecule has 0 spiro atoms. The highest BCUT2D eigenvalue weighted by Gasteiger charge is 2.22. The molecule has 0 aromatic carbocycles. The van der Waals surface area contributed by atoms with Gasteiger partial charge in [-0.1, -0.05) is 38.2 Å². The molecule has 0 atom stereocenters. The molecule has 0 unspecified atom stereocenters. The van der Waals surface area contributed by atoms with E-state index in [9.17, 15) is 8.42 Å². The fourth-order valence-corrected chi connectivity index (χ4v) is 4.80. The lowest BCUT2D eigenvalue weighted by molar-refractivity contribution is 0.482. The number of likely N-dealkylation sites (N-methyl/N-ethyl adjacent to an activating group) is 1. The van der Waals surface area contributed by atoms with Crippen molar-refractivity contribution >= 4 is 37.8 Å². The van der Waals surface area contributed by atoms with E-state index in [-0.39, 0.29) is 5.41 Å². The molecule has 0 aliphatic rings. The highest BCUT2D eigenvalue weighted by Crippen LogP contribution is 2.27. The molecule has 2 aromatic rings. The topological polar surface area (TPSA) is 75.2 Å². The maximum Gasteiger partial charge on any atom is 0.252 e. The Balaban J connectivity index is 1.90. The quantitative estimate of drug-likeness (QED) is 0.857. The summed E-state index contributed by atoms with van der Waals surface area (Å²) in [6.07, 6.45) is 0. The van der Waals surface area contributed by atoms with E-state index in [4.69, 9.17) is 0 Å². The molecule has 22 heavy (non-hydrogen) atoms. The highest BCUT2D eigenvalue weighted by atomic mass is 32.2. The Bertz CT molecular complexity index is 702. The molecule has 0 saturated heterocycles. The van der Waals surface area contributed by atoms with Crippen LogP contribution in [0.5, 0.6) is 0 Å². The Morgan fingerprint density at radius 1 is 1.32 bits per heavy atom. The predicted octanol–water partition coefficient (Wildman–Crippen LogP) is 2.63. The van der Waals surface area contributed by atoms with Crippen LogP contribution in [0.25, 0.3) is 0 Å². The smallest absolute Gasteiger partial charge is 0.252 e. The van der Waals surface area contributed by atoms with Crippen LogP contribution in [0, 0.1) is 0 Å². The average Bonchev–Trinajstić information content (AvgIpc) is 3.09. The number of rotatable bonds is 6. The molecule has 122 valence electrons. The molecule has 0 fully saturated rings. The number of aromatic nitrogens is 2. The van der Waals surface area contributed by atoms with E-state index in [1.807, 2.05) is 0 Å². The van der Waals surface area contributed by atoms with Crippen molar-refractivity contribution in [2.24, 2.45) is 0 Å². The zero-order valence-electron chi connectivity index (χ0n) is 13.0. The van der Waals surface area contributed by atoms with E-state index in [1.165, 1.54) is 27.0 Å². The van der Waals surface area contributed by atoms with Crippen LogP contribution in [0.15, 0.2) is 21.7 Å². The minimum absolute atomic E-state index is 0.0309. The van der Waals surface area contributed by atoms with E-state index >= 15 is 0 Å². The van der Waals surface area contributed by atoms with Crippen LogP contribution in [-0.4, -0.2) is 43.1 Å². The standard InChI is InChI=1S/C13H20N4O2S3/c1-13(2,3)11-15-16-12(21-11)14-7-8-17(4)22(18,19)10-6-5-9-20-10/h5-6,9H,7-8H2,1-4H3,(H,14,16). The van der Waals surface area contributed by atoms with Gasteiger partial charge in [0, 0.05) is 25.6 Å². The molecule has 0 amide bonds. The van der Waals surface area contributed by atoms with Gasteiger partial charge in [0.2, 0.25) is 5.13 Å². The predicted molar refractivity (Wildman–Crippen MR) is 91.2 cm³/mol. The van der Waals surface area contributed by atoms with Crippen LogP contribution in [0.4, 0.5) is 5.13 Å². The molecule has 0 radical (unpaired) electrons. The van der Waals surface area contributed by atoms with Crippen LogP contribution in [-0.2, 0) is 15.4 Å². The van der Waals surface area contributed by atoms with Crippen molar-refractivity contribution in [2.75, 3.05) is 25.5 Å². The first kappa shape index (κ1) is 17.3. The van der Waals surface area contributed by atoms with Gasteiger partial charge in [-0.05, 0) is 11.4 Å². The third kappa shape index (κ3) is 4.03. The zero-order valence-corrected chi connectivity index (χ0v) is 15.5. The summed E-state index contributed by atoms with van der Waals surface area (Å²) in [7, 11) is -1.81. The van der Waals surface area contributed by atoms with Crippen molar-refractivity contribution in [3.05, 3.63) is 22.5 Å². The van der Waals surface area contributed by atoms with E-state index in [2.05, 4.69) is 36.3 Å². The van der Waals surface area contributed by atoms with Gasteiger partial charge in [0.05, 0.1) is 0 Å². The number of hydrogen-bond donors (Lipinski definition) is 1. The molecule has 0 aliphatic heterocycles. The van der Waals surface area contributed by atoms with Gasteiger partial charge in [0.25, 0.3) is 10.0 Å². The second-order valence-electron chi connectivity index (χ2n) is 5.85. The Morgan fingerprint density at radius 3 is 2.59 bits per heavy atom. The van der Waals surface area contributed by atoms with Crippen molar-refractivity contribution in [3.8, 4) is 0 Å². The molecule has 2 rings (SSSR count). The number of nitrogens with one attached hydrogen (secondary N) is 1. The van der Waals surface area contributed by atoms with Crippen LogP contribution in [0.2, 0.25) is 0 Å². The van der Waals surface area contributed by atoms with Crippen LogP contribution < -0.4 is 5.32 Å². The second kappa shape index (κ2) is 6.61. The van der Waals surface area contributed by atoms with Crippen LogP contribution >= 0.6 is 22.7 Å². The largest absolute Gasteiger partial charge is 0.359 e. The summed E-state index contributed by atoms with van der Waals surface area (Å²) in [5.41, 5.74) is -0.0309. The van der Waals surface area contributed by atoms with Crippen molar-refractivity contribution in [3.63, 3.8) is 0 Å². The van der Waals surface area contributed by atoms with Gasteiger partial charge in [0.15, 0.2) is 0 Å². The maximum absolute atomic E-state index is 12.3. The summed E-state index contributed by atoms with van der Waals surface area (Å²) in [6.45, 7) is 7.10. The van der Waals surface area contributed by atoms with Crippen molar-refractivity contribution in [1.82, 2.24) is 14.5 Å². The molecule has 2 aromatic heterocycles. The van der Waals surface area contributed by atoms with E-state index in [1.54, 1.807) is 24.6 Å². The first-order valence-corrected chi connectivity index (χ1v) is 9.92. The molecule has 0 bridgehead atoms. The van der Waals surface area contributed by atoms with Gasteiger partial charge in [-0.2, -0.15) is 4.31 Å². The Morgan fingerprint density at radius 2 is 2.05 bits per heavy atom. The van der Waals surface area contributed by atoms with Crippen LogP contribution in [0.1, 0.15) is 25.8 Å². The van der Waals surface area contributed by atoms with E-state index < -0.39 is 10.0 Å². The fraction of sp³-hybridized carbons (Fsp3) is 0.538. The Labute approximate surface area is 139 Å². The van der Waals surface area contributed by atoms with Gasteiger partial charge in [-0.25, -0.2) is 8.42 Å². The van der Waals surface area contributed by atoms with Gasteiger partial charge < -0.3 is 5.32 Å². The van der Waals surface area contributed by atoms with Crippen LogP contribution in [0.3, 0.4) is 0 Å². The molecule has 0 saturated carbocycles.